The molecule has 2 unspecified atom stereocenters. The molecule has 1 aliphatic rings. The highest BCUT2D eigenvalue weighted by Gasteiger charge is 2.43. The van der Waals surface area contributed by atoms with Crippen LogP contribution in [-0.2, 0) is 11.3 Å². The van der Waals surface area contributed by atoms with Crippen LogP contribution in [0.15, 0.2) is 66.9 Å². The topological polar surface area (TPSA) is 46.9 Å². The van der Waals surface area contributed by atoms with E-state index in [0.29, 0.717) is 18.3 Å². The van der Waals surface area contributed by atoms with Crippen LogP contribution in [0.2, 0.25) is 0 Å². The summed E-state index contributed by atoms with van der Waals surface area (Å²) in [6, 6.07) is 18.3. The average Bonchev–Trinajstić information content (AvgIpc) is 3.31. The molecule has 0 aliphatic heterocycles. The third-order valence-corrected chi connectivity index (χ3v) is 4.48. The van der Waals surface area contributed by atoms with Crippen molar-refractivity contribution in [3.05, 3.63) is 83.8 Å². The second-order valence-corrected chi connectivity index (χ2v) is 6.38. The van der Waals surface area contributed by atoms with E-state index in [-0.39, 0.29) is 17.6 Å². The van der Waals surface area contributed by atoms with Gasteiger partial charge >= 0.3 is 0 Å². The Kier molecular flexibility index (Phi) is 4.06. The lowest BCUT2D eigenvalue weighted by Gasteiger charge is -2.03. The van der Waals surface area contributed by atoms with Gasteiger partial charge in [0.2, 0.25) is 5.91 Å². The molecule has 1 fully saturated rings. The molecule has 5 heteroatoms. The summed E-state index contributed by atoms with van der Waals surface area (Å²) in [7, 11) is 0. The van der Waals surface area contributed by atoms with Gasteiger partial charge in [-0.15, -0.1) is 0 Å². The Labute approximate surface area is 145 Å². The first kappa shape index (κ1) is 15.6. The van der Waals surface area contributed by atoms with E-state index in [1.165, 1.54) is 17.7 Å². The molecule has 0 radical (unpaired) electrons. The van der Waals surface area contributed by atoms with Crippen LogP contribution in [0.5, 0.6) is 0 Å². The van der Waals surface area contributed by atoms with Crippen molar-refractivity contribution in [2.24, 2.45) is 5.92 Å². The summed E-state index contributed by atoms with van der Waals surface area (Å²) in [5, 5.41) is 7.22. The van der Waals surface area contributed by atoms with E-state index < -0.39 is 0 Å². The van der Waals surface area contributed by atoms with Crippen molar-refractivity contribution < 1.29 is 9.18 Å². The number of nitrogens with zero attached hydrogens (tertiary/aromatic N) is 2. The fraction of sp³-hybridized carbons (Fsp3) is 0.200. The molecule has 4 rings (SSSR count). The molecular formula is C20H18FN3O. The van der Waals surface area contributed by atoms with Crippen LogP contribution in [0.1, 0.15) is 23.5 Å². The summed E-state index contributed by atoms with van der Waals surface area (Å²) >= 11 is 0. The van der Waals surface area contributed by atoms with Crippen LogP contribution in [0.25, 0.3) is 0 Å². The van der Waals surface area contributed by atoms with Gasteiger partial charge < -0.3 is 5.32 Å². The Morgan fingerprint density at radius 3 is 2.80 bits per heavy atom. The van der Waals surface area contributed by atoms with Gasteiger partial charge in [0.25, 0.3) is 0 Å². The molecule has 2 aromatic carbocycles. The van der Waals surface area contributed by atoms with Gasteiger partial charge in [-0.1, -0.05) is 42.5 Å². The van der Waals surface area contributed by atoms with Crippen LogP contribution in [0.3, 0.4) is 0 Å². The van der Waals surface area contributed by atoms with Crippen LogP contribution in [-0.4, -0.2) is 15.7 Å². The highest BCUT2D eigenvalue weighted by Crippen LogP contribution is 2.47. The molecule has 2 atom stereocenters. The highest BCUT2D eigenvalue weighted by molar-refractivity contribution is 5.94. The van der Waals surface area contributed by atoms with Gasteiger partial charge in [-0.05, 0) is 35.6 Å². The smallest absolute Gasteiger partial charge is 0.229 e. The number of halogens is 1. The van der Waals surface area contributed by atoms with Gasteiger partial charge in [0, 0.05) is 18.2 Å². The minimum Gasteiger partial charge on any atom is -0.309 e. The first-order valence-corrected chi connectivity index (χ1v) is 8.33. The standard InChI is InChI=1S/C20H18FN3O/c21-16-8-4-5-14(11-16)13-24-10-9-19(23-24)22-20(25)18-12-17(18)15-6-2-1-3-7-15/h1-11,17-18H,12-13H2,(H,22,23,25). The van der Waals surface area contributed by atoms with Gasteiger partial charge in [0.15, 0.2) is 5.82 Å². The van der Waals surface area contributed by atoms with E-state index >= 15 is 0 Å². The lowest BCUT2D eigenvalue weighted by molar-refractivity contribution is -0.117. The molecule has 1 saturated carbocycles. The first-order chi connectivity index (χ1) is 12.2. The highest BCUT2D eigenvalue weighted by atomic mass is 19.1. The van der Waals surface area contributed by atoms with Crippen LogP contribution in [0.4, 0.5) is 10.2 Å². The Balaban J connectivity index is 1.36. The summed E-state index contributed by atoms with van der Waals surface area (Å²) in [5.41, 5.74) is 2.03. The number of carbonyl (C=O) groups excluding carboxylic acids is 1. The van der Waals surface area contributed by atoms with Gasteiger partial charge in [-0.3, -0.25) is 9.48 Å². The predicted molar refractivity (Wildman–Crippen MR) is 93.6 cm³/mol. The quantitative estimate of drug-likeness (QED) is 0.771. The van der Waals surface area contributed by atoms with E-state index in [2.05, 4.69) is 22.5 Å². The Hall–Kier alpha value is -2.95. The summed E-state index contributed by atoms with van der Waals surface area (Å²) in [4.78, 5) is 12.4. The maximum atomic E-state index is 13.2. The summed E-state index contributed by atoms with van der Waals surface area (Å²) < 4.78 is 14.9. The number of hydrogen-bond donors (Lipinski definition) is 1. The summed E-state index contributed by atoms with van der Waals surface area (Å²) in [6.07, 6.45) is 2.65. The number of benzene rings is 2. The van der Waals surface area contributed by atoms with Crippen molar-refractivity contribution in [2.75, 3.05) is 5.32 Å². The lowest BCUT2D eigenvalue weighted by Crippen LogP contribution is -2.15. The lowest BCUT2D eigenvalue weighted by atomic mass is 10.1. The number of aromatic nitrogens is 2. The molecule has 126 valence electrons. The fourth-order valence-electron chi connectivity index (χ4n) is 3.11. The molecule has 1 amide bonds. The minimum absolute atomic E-state index is 0.00450. The number of amides is 1. The molecular weight excluding hydrogens is 317 g/mol. The zero-order chi connectivity index (χ0) is 17.2. The van der Waals surface area contributed by atoms with E-state index in [4.69, 9.17) is 0 Å². The van der Waals surface area contributed by atoms with Crippen molar-refractivity contribution in [1.29, 1.82) is 0 Å². The Morgan fingerprint density at radius 2 is 2.00 bits per heavy atom. The van der Waals surface area contributed by atoms with E-state index in [1.54, 1.807) is 23.0 Å². The maximum absolute atomic E-state index is 13.2. The van der Waals surface area contributed by atoms with Crippen molar-refractivity contribution >= 4 is 11.7 Å². The second kappa shape index (κ2) is 6.51. The maximum Gasteiger partial charge on any atom is 0.229 e. The average molecular weight is 335 g/mol. The van der Waals surface area contributed by atoms with Gasteiger partial charge in [0.1, 0.15) is 5.82 Å². The Bertz CT molecular complexity index is 891. The van der Waals surface area contributed by atoms with Crippen LogP contribution >= 0.6 is 0 Å². The monoisotopic (exact) mass is 335 g/mol. The zero-order valence-corrected chi connectivity index (χ0v) is 13.6. The van der Waals surface area contributed by atoms with Gasteiger partial charge in [0.05, 0.1) is 6.54 Å². The molecule has 1 aliphatic carbocycles. The summed E-state index contributed by atoms with van der Waals surface area (Å²) in [6.45, 7) is 0.462. The normalized spacial score (nSPS) is 18.8. The first-order valence-electron chi connectivity index (χ1n) is 8.33. The van der Waals surface area contributed by atoms with E-state index in [0.717, 1.165) is 12.0 Å². The molecule has 1 aromatic heterocycles. The van der Waals surface area contributed by atoms with E-state index in [9.17, 15) is 9.18 Å². The van der Waals surface area contributed by atoms with Gasteiger partial charge in [-0.25, -0.2) is 4.39 Å². The second-order valence-electron chi connectivity index (χ2n) is 6.38. The molecule has 3 aromatic rings. The number of anilines is 1. The number of nitrogens with one attached hydrogen (secondary N) is 1. The third-order valence-electron chi connectivity index (χ3n) is 4.48. The molecule has 1 heterocycles. The molecule has 0 spiro atoms. The molecule has 1 N–H and O–H groups in total. The number of hydrogen-bond acceptors (Lipinski definition) is 2. The number of rotatable bonds is 5. The fourth-order valence-corrected chi connectivity index (χ4v) is 3.11. The minimum atomic E-state index is -0.265. The molecule has 4 nitrogen and oxygen atoms in total. The van der Waals surface area contributed by atoms with Crippen molar-refractivity contribution in [1.82, 2.24) is 9.78 Å². The predicted octanol–water partition coefficient (Wildman–Crippen LogP) is 3.81. The van der Waals surface area contributed by atoms with Crippen molar-refractivity contribution in [3.8, 4) is 0 Å². The van der Waals surface area contributed by atoms with Crippen molar-refractivity contribution in [3.63, 3.8) is 0 Å². The molecule has 0 bridgehead atoms. The van der Waals surface area contributed by atoms with Crippen LogP contribution in [0, 0.1) is 11.7 Å². The Morgan fingerprint density at radius 1 is 1.16 bits per heavy atom. The SMILES string of the molecule is O=C(Nc1ccn(Cc2cccc(F)c2)n1)C1CC1c1ccccc1. The zero-order valence-electron chi connectivity index (χ0n) is 13.6. The van der Waals surface area contributed by atoms with E-state index in [1.807, 2.05) is 24.3 Å². The molecule has 0 saturated heterocycles. The van der Waals surface area contributed by atoms with Crippen LogP contribution < -0.4 is 5.32 Å². The van der Waals surface area contributed by atoms with Crippen molar-refractivity contribution in [2.45, 2.75) is 18.9 Å². The third kappa shape index (κ3) is 3.60. The summed E-state index contributed by atoms with van der Waals surface area (Å²) in [5.74, 6) is 0.579. The molecule has 25 heavy (non-hydrogen) atoms. The largest absolute Gasteiger partial charge is 0.309 e. The van der Waals surface area contributed by atoms with Gasteiger partial charge in [-0.2, -0.15) is 5.10 Å². The number of carbonyl (C=O) groups is 1.